The van der Waals surface area contributed by atoms with E-state index in [0.717, 1.165) is 19.1 Å². The first-order valence-electron chi connectivity index (χ1n) is 9.08. The quantitative estimate of drug-likeness (QED) is 0.556. The third kappa shape index (κ3) is 3.73. The van der Waals surface area contributed by atoms with Gasteiger partial charge in [-0.2, -0.15) is 10.2 Å². The number of carbonyl (C=O) groups excluding carboxylic acids is 1. The minimum Gasteiger partial charge on any atom is -0.493 e. The molecule has 0 aliphatic heterocycles. The van der Waals surface area contributed by atoms with Crippen molar-refractivity contribution in [2.45, 2.75) is 30.2 Å². The Bertz CT molecular complexity index is 1280. The topological polar surface area (TPSA) is 107 Å². The molecule has 11 heteroatoms. The number of nitrogens with zero attached hydrogens (tertiary/aromatic N) is 4. The summed E-state index contributed by atoms with van der Waals surface area (Å²) >= 11 is 12.5. The lowest BCUT2D eigenvalue weighted by atomic mass is 9.99. The molecule has 1 N–H and O–H groups in total. The second-order valence-corrected chi connectivity index (χ2v) is 10.1. The van der Waals surface area contributed by atoms with Crippen molar-refractivity contribution in [1.82, 2.24) is 19.6 Å². The minimum absolute atomic E-state index is 0.00355. The molecule has 8 nitrogen and oxygen atoms in total. The van der Waals surface area contributed by atoms with Gasteiger partial charge in [-0.3, -0.25) is 9.48 Å². The third-order valence-corrected chi connectivity index (χ3v) is 6.81. The van der Waals surface area contributed by atoms with Gasteiger partial charge in [0.1, 0.15) is 5.56 Å². The number of aromatic hydroxyl groups is 1. The lowest BCUT2D eigenvalue weighted by molar-refractivity contribution is 0.103. The average Bonchev–Trinajstić information content (AvgIpc) is 3.36. The number of benzene rings is 1. The third-order valence-electron chi connectivity index (χ3n) is 5.00. The summed E-state index contributed by atoms with van der Waals surface area (Å²) < 4.78 is 27.3. The molecule has 158 valence electrons. The van der Waals surface area contributed by atoms with Crippen LogP contribution in [0.5, 0.6) is 5.88 Å². The van der Waals surface area contributed by atoms with Gasteiger partial charge in [-0.05, 0) is 25.0 Å². The van der Waals surface area contributed by atoms with Crippen molar-refractivity contribution in [2.24, 2.45) is 7.05 Å². The summed E-state index contributed by atoms with van der Waals surface area (Å²) in [6, 6.07) is 2.71. The van der Waals surface area contributed by atoms with Crippen molar-refractivity contribution < 1.29 is 18.3 Å². The summed E-state index contributed by atoms with van der Waals surface area (Å²) in [5.74, 6) is -0.631. The highest BCUT2D eigenvalue weighted by molar-refractivity contribution is 7.90. The van der Waals surface area contributed by atoms with Crippen LogP contribution >= 0.6 is 23.2 Å². The largest absolute Gasteiger partial charge is 0.493 e. The molecule has 0 atom stereocenters. The van der Waals surface area contributed by atoms with Gasteiger partial charge in [-0.1, -0.05) is 23.2 Å². The maximum atomic E-state index is 13.3. The van der Waals surface area contributed by atoms with Crippen LogP contribution in [0.25, 0.3) is 0 Å². The molecule has 3 aromatic rings. The molecule has 1 saturated carbocycles. The first kappa shape index (κ1) is 20.9. The van der Waals surface area contributed by atoms with Crippen LogP contribution < -0.4 is 0 Å². The molecule has 0 bridgehead atoms. The molecule has 2 aromatic heterocycles. The molecule has 30 heavy (non-hydrogen) atoms. The average molecular weight is 469 g/mol. The molecule has 0 spiro atoms. The van der Waals surface area contributed by atoms with Crippen LogP contribution in [0, 0.1) is 0 Å². The van der Waals surface area contributed by atoms with Crippen LogP contribution in [0.3, 0.4) is 0 Å². The molecule has 1 aliphatic rings. The lowest BCUT2D eigenvalue weighted by Gasteiger charge is -2.14. The second-order valence-electron chi connectivity index (χ2n) is 7.34. The van der Waals surface area contributed by atoms with Crippen LogP contribution in [0.1, 0.15) is 45.9 Å². The van der Waals surface area contributed by atoms with Crippen molar-refractivity contribution in [3.63, 3.8) is 0 Å². The molecule has 4 rings (SSSR count). The van der Waals surface area contributed by atoms with E-state index in [-0.39, 0.29) is 45.0 Å². The zero-order valence-electron chi connectivity index (χ0n) is 16.1. The number of hydrogen-bond acceptors (Lipinski definition) is 6. The molecule has 0 unspecified atom stereocenters. The van der Waals surface area contributed by atoms with E-state index >= 15 is 0 Å². The Morgan fingerprint density at radius 1 is 1.30 bits per heavy atom. The fourth-order valence-corrected chi connectivity index (χ4v) is 4.84. The molecule has 1 fully saturated rings. The number of hydrogen-bond donors (Lipinski definition) is 1. The van der Waals surface area contributed by atoms with E-state index in [1.165, 1.54) is 33.9 Å². The monoisotopic (exact) mass is 468 g/mol. The van der Waals surface area contributed by atoms with E-state index in [0.29, 0.717) is 10.7 Å². The number of sulfone groups is 1. The molecule has 1 aliphatic carbocycles. The van der Waals surface area contributed by atoms with Gasteiger partial charge in [-0.25, -0.2) is 13.1 Å². The van der Waals surface area contributed by atoms with Crippen molar-refractivity contribution in [3.8, 4) is 5.88 Å². The number of rotatable bonds is 6. The van der Waals surface area contributed by atoms with Crippen molar-refractivity contribution >= 4 is 38.8 Å². The Morgan fingerprint density at radius 3 is 2.57 bits per heavy atom. The summed E-state index contributed by atoms with van der Waals surface area (Å²) in [5, 5.41) is 19.1. The van der Waals surface area contributed by atoms with Gasteiger partial charge in [0.25, 0.3) is 0 Å². The predicted molar refractivity (Wildman–Crippen MR) is 111 cm³/mol. The van der Waals surface area contributed by atoms with E-state index in [1.807, 2.05) is 0 Å². The second kappa shape index (κ2) is 7.40. The first-order valence-corrected chi connectivity index (χ1v) is 11.7. The fraction of sp³-hybridized carbons (Fsp3) is 0.316. The Labute approximate surface area is 182 Å². The van der Waals surface area contributed by atoms with E-state index in [2.05, 4.69) is 10.2 Å². The van der Waals surface area contributed by atoms with E-state index < -0.39 is 15.6 Å². The fourth-order valence-electron chi connectivity index (χ4n) is 3.39. The van der Waals surface area contributed by atoms with Crippen molar-refractivity contribution in [2.75, 3.05) is 6.26 Å². The molecular weight excluding hydrogens is 451 g/mol. The normalized spacial score (nSPS) is 14.3. The number of carbonyl (C=O) groups is 1. The Balaban J connectivity index is 1.86. The van der Waals surface area contributed by atoms with E-state index in [9.17, 15) is 18.3 Å². The van der Waals surface area contributed by atoms with Crippen LogP contribution in [-0.2, 0) is 23.4 Å². The zero-order valence-corrected chi connectivity index (χ0v) is 18.5. The van der Waals surface area contributed by atoms with Gasteiger partial charge in [0.2, 0.25) is 11.7 Å². The van der Waals surface area contributed by atoms with Crippen LogP contribution in [0.4, 0.5) is 0 Å². The molecule has 1 aromatic carbocycles. The highest BCUT2D eigenvalue weighted by Crippen LogP contribution is 2.44. The molecule has 0 saturated heterocycles. The molecule has 2 heterocycles. The van der Waals surface area contributed by atoms with Crippen LogP contribution in [0.2, 0.25) is 10.0 Å². The zero-order chi connectivity index (χ0) is 21.8. The summed E-state index contributed by atoms with van der Waals surface area (Å²) in [7, 11) is -2.07. The highest BCUT2D eigenvalue weighted by atomic mass is 35.5. The van der Waals surface area contributed by atoms with Crippen LogP contribution in [0.15, 0.2) is 29.4 Å². The van der Waals surface area contributed by atoms with Gasteiger partial charge < -0.3 is 5.11 Å². The van der Waals surface area contributed by atoms with Crippen LogP contribution in [-0.4, -0.2) is 45.1 Å². The molecular formula is C19H18Cl2N4O4S. The summed E-state index contributed by atoms with van der Waals surface area (Å²) in [6.45, 7) is 0.00355. The first-order chi connectivity index (χ1) is 14.1. The summed E-state index contributed by atoms with van der Waals surface area (Å²) in [6.07, 6.45) is 5.79. The maximum Gasteiger partial charge on any atom is 0.220 e. The van der Waals surface area contributed by atoms with Gasteiger partial charge in [0.05, 0.1) is 33.4 Å². The van der Waals surface area contributed by atoms with E-state index in [4.69, 9.17) is 23.2 Å². The summed E-state index contributed by atoms with van der Waals surface area (Å²) in [5.41, 5.74) is 0.939. The highest BCUT2D eigenvalue weighted by Gasteiger charge is 2.35. The smallest absolute Gasteiger partial charge is 0.220 e. The van der Waals surface area contributed by atoms with E-state index in [1.54, 1.807) is 7.05 Å². The maximum absolute atomic E-state index is 13.3. The number of aryl methyl sites for hydroxylation is 1. The van der Waals surface area contributed by atoms with Gasteiger partial charge >= 0.3 is 0 Å². The Hall–Kier alpha value is -2.36. The molecule has 0 amide bonds. The minimum atomic E-state index is -3.63. The predicted octanol–water partition coefficient (Wildman–Crippen LogP) is 3.19. The van der Waals surface area contributed by atoms with Gasteiger partial charge in [-0.15, -0.1) is 0 Å². The SMILES string of the molecule is Cn1nc(C2CC2)c(C(=O)c2ccc(S(C)(=O)=O)c(Cn3cc(Cl)cn3)c2Cl)c1O. The van der Waals surface area contributed by atoms with Gasteiger partial charge in [0, 0.05) is 36.5 Å². The molecule has 0 radical (unpaired) electrons. The number of halogens is 2. The Kier molecular flexibility index (Phi) is 5.16. The summed E-state index contributed by atoms with van der Waals surface area (Å²) in [4.78, 5) is 13.3. The standard InChI is InChI=1S/C19H18Cl2N4O4S/c1-24-19(27)15(17(23-24)10-3-4-10)18(26)12-5-6-14(30(2,28)29)13(16(12)21)9-25-8-11(20)7-22-25/h5-8,10,27H,3-4,9H2,1-2H3. The number of aromatic nitrogens is 4. The Morgan fingerprint density at radius 2 is 2.00 bits per heavy atom. The number of ketones is 1. The lowest BCUT2D eigenvalue weighted by Crippen LogP contribution is -2.12. The van der Waals surface area contributed by atoms with Crippen molar-refractivity contribution in [3.05, 3.63) is 57.0 Å². The van der Waals surface area contributed by atoms with Crippen molar-refractivity contribution in [1.29, 1.82) is 0 Å². The van der Waals surface area contributed by atoms with Gasteiger partial charge in [0.15, 0.2) is 9.84 Å².